The fourth-order valence-corrected chi connectivity index (χ4v) is 3.65. The molecule has 0 unspecified atom stereocenters. The molecule has 0 saturated heterocycles. The molecule has 0 aliphatic heterocycles. The van der Waals surface area contributed by atoms with E-state index in [9.17, 15) is 0 Å². The highest BCUT2D eigenvalue weighted by atomic mass is 15.3. The van der Waals surface area contributed by atoms with Crippen LogP contribution in [0.5, 0.6) is 0 Å². The van der Waals surface area contributed by atoms with Crippen molar-refractivity contribution in [1.29, 1.82) is 0 Å². The Hall–Kier alpha value is -3.61. The molecule has 4 rings (SSSR count). The maximum atomic E-state index is 4.63. The summed E-state index contributed by atoms with van der Waals surface area (Å²) < 4.78 is 2.23. The minimum Gasteiger partial charge on any atom is -0.354 e. The Bertz CT molecular complexity index is 1140. The van der Waals surface area contributed by atoms with Crippen LogP contribution in [0.4, 0.5) is 0 Å². The second-order valence-electron chi connectivity index (χ2n) is 7.24. The summed E-state index contributed by atoms with van der Waals surface area (Å²) in [5.74, 6) is 2.75. The van der Waals surface area contributed by atoms with Gasteiger partial charge in [-0.1, -0.05) is 42.5 Å². The summed E-state index contributed by atoms with van der Waals surface area (Å²) in [5.41, 5.74) is 4.33. The van der Waals surface area contributed by atoms with Crippen molar-refractivity contribution < 1.29 is 0 Å². The van der Waals surface area contributed by atoms with Crippen LogP contribution in [0.3, 0.4) is 0 Å². The van der Waals surface area contributed by atoms with Crippen molar-refractivity contribution in [1.82, 2.24) is 29.7 Å². The monoisotopic (exact) mass is 401 g/mol. The van der Waals surface area contributed by atoms with Crippen LogP contribution in [0.2, 0.25) is 0 Å². The Morgan fingerprint density at radius 2 is 1.90 bits per heavy atom. The fourth-order valence-electron chi connectivity index (χ4n) is 3.65. The summed E-state index contributed by atoms with van der Waals surface area (Å²) >= 11 is 0. The Morgan fingerprint density at radius 3 is 2.70 bits per heavy atom. The number of benzene rings is 2. The van der Waals surface area contributed by atoms with Crippen LogP contribution in [0.25, 0.3) is 22.3 Å². The van der Waals surface area contributed by atoms with Crippen molar-refractivity contribution in [3.8, 4) is 11.3 Å². The number of H-pyrrole nitrogens is 1. The quantitative estimate of drug-likeness (QED) is 0.383. The standard InChI is InChI=1S/C23H27N7/c1-17-27-19-11-7-8-12-21(19)30(17)14-13-25-23(24-2)29(3)16-22-26-15-20(28-22)18-9-5-4-6-10-18/h4-12,15H,13-14,16H2,1-3H3,(H,24,25)(H,26,28). The van der Waals surface area contributed by atoms with Gasteiger partial charge >= 0.3 is 0 Å². The molecule has 30 heavy (non-hydrogen) atoms. The second-order valence-corrected chi connectivity index (χ2v) is 7.24. The predicted octanol–water partition coefficient (Wildman–Crippen LogP) is 3.44. The van der Waals surface area contributed by atoms with E-state index in [0.717, 1.165) is 53.0 Å². The minimum atomic E-state index is 0.638. The van der Waals surface area contributed by atoms with Crippen LogP contribution >= 0.6 is 0 Å². The molecule has 0 fully saturated rings. The molecular formula is C23H27N7. The number of rotatable bonds is 6. The molecule has 154 valence electrons. The van der Waals surface area contributed by atoms with Gasteiger partial charge in [-0.15, -0.1) is 0 Å². The van der Waals surface area contributed by atoms with Crippen molar-refractivity contribution in [2.45, 2.75) is 20.0 Å². The zero-order chi connectivity index (χ0) is 20.9. The number of guanidine groups is 1. The van der Waals surface area contributed by atoms with Gasteiger partial charge in [0.1, 0.15) is 11.6 Å². The van der Waals surface area contributed by atoms with E-state index in [-0.39, 0.29) is 0 Å². The van der Waals surface area contributed by atoms with Crippen LogP contribution in [-0.4, -0.2) is 51.0 Å². The molecule has 2 heterocycles. The molecule has 0 bridgehead atoms. The number of imidazole rings is 2. The van der Waals surface area contributed by atoms with Crippen molar-refractivity contribution in [2.75, 3.05) is 20.6 Å². The lowest BCUT2D eigenvalue weighted by Gasteiger charge is -2.21. The second kappa shape index (κ2) is 8.82. The summed E-state index contributed by atoms with van der Waals surface area (Å²) in [6.07, 6.45) is 1.88. The molecule has 0 atom stereocenters. The normalized spacial score (nSPS) is 11.8. The third kappa shape index (κ3) is 4.20. The van der Waals surface area contributed by atoms with E-state index in [0.29, 0.717) is 6.54 Å². The van der Waals surface area contributed by atoms with Gasteiger partial charge in [-0.05, 0) is 24.6 Å². The average Bonchev–Trinajstić information content (AvgIpc) is 3.36. The van der Waals surface area contributed by atoms with Gasteiger partial charge in [0, 0.05) is 27.2 Å². The van der Waals surface area contributed by atoms with Crippen molar-refractivity contribution in [2.24, 2.45) is 4.99 Å². The molecule has 7 nitrogen and oxygen atoms in total. The van der Waals surface area contributed by atoms with Crippen LogP contribution in [-0.2, 0) is 13.1 Å². The fraction of sp³-hybridized carbons (Fsp3) is 0.261. The molecule has 4 aromatic rings. The predicted molar refractivity (Wildman–Crippen MR) is 121 cm³/mol. The van der Waals surface area contributed by atoms with Crippen molar-refractivity contribution in [3.63, 3.8) is 0 Å². The minimum absolute atomic E-state index is 0.638. The number of hydrogen-bond acceptors (Lipinski definition) is 3. The summed E-state index contributed by atoms with van der Waals surface area (Å²) in [6.45, 7) is 4.26. The number of para-hydroxylation sites is 2. The Balaban J connectivity index is 1.36. The number of aromatic amines is 1. The first kappa shape index (κ1) is 19.7. The molecule has 7 heteroatoms. The van der Waals surface area contributed by atoms with Crippen LogP contribution in [0.1, 0.15) is 11.6 Å². The SMILES string of the molecule is CN=C(NCCn1c(C)nc2ccccc21)N(C)Cc1ncc(-c2ccccc2)[nH]1. The molecule has 2 N–H and O–H groups in total. The van der Waals surface area contributed by atoms with Crippen molar-refractivity contribution in [3.05, 3.63) is 72.4 Å². The number of aliphatic imine (C=N–C) groups is 1. The number of hydrogen-bond donors (Lipinski definition) is 2. The molecule has 0 radical (unpaired) electrons. The first-order valence-electron chi connectivity index (χ1n) is 10.1. The summed E-state index contributed by atoms with van der Waals surface area (Å²) in [7, 11) is 3.81. The Kier molecular flexibility index (Phi) is 5.79. The Labute approximate surface area is 176 Å². The smallest absolute Gasteiger partial charge is 0.193 e. The molecule has 2 aromatic heterocycles. The van der Waals surface area contributed by atoms with Gasteiger partial charge in [0.15, 0.2) is 5.96 Å². The number of nitrogens with zero attached hydrogens (tertiary/aromatic N) is 5. The lowest BCUT2D eigenvalue weighted by atomic mass is 10.2. The molecule has 0 aliphatic rings. The van der Waals surface area contributed by atoms with Gasteiger partial charge in [-0.25, -0.2) is 9.97 Å². The molecule has 0 aliphatic carbocycles. The van der Waals surface area contributed by atoms with E-state index in [2.05, 4.69) is 52.9 Å². The molecule has 0 amide bonds. The van der Waals surface area contributed by atoms with Gasteiger partial charge < -0.3 is 19.8 Å². The van der Waals surface area contributed by atoms with E-state index in [4.69, 9.17) is 0 Å². The maximum Gasteiger partial charge on any atom is 0.193 e. The lowest BCUT2D eigenvalue weighted by molar-refractivity contribution is 0.461. The summed E-state index contributed by atoms with van der Waals surface area (Å²) in [4.78, 5) is 19.0. The van der Waals surface area contributed by atoms with Crippen LogP contribution < -0.4 is 5.32 Å². The number of fused-ring (bicyclic) bond motifs is 1. The van der Waals surface area contributed by atoms with Gasteiger partial charge in [-0.2, -0.15) is 0 Å². The third-order valence-electron chi connectivity index (χ3n) is 5.14. The largest absolute Gasteiger partial charge is 0.354 e. The number of aryl methyl sites for hydroxylation is 1. The first-order valence-corrected chi connectivity index (χ1v) is 10.1. The lowest BCUT2D eigenvalue weighted by Crippen LogP contribution is -2.40. The average molecular weight is 402 g/mol. The van der Waals surface area contributed by atoms with E-state index in [1.54, 1.807) is 7.05 Å². The van der Waals surface area contributed by atoms with Crippen molar-refractivity contribution >= 4 is 17.0 Å². The Morgan fingerprint density at radius 1 is 1.13 bits per heavy atom. The van der Waals surface area contributed by atoms with Gasteiger partial charge in [0.05, 0.1) is 29.5 Å². The number of nitrogens with one attached hydrogen (secondary N) is 2. The summed E-state index contributed by atoms with van der Waals surface area (Å²) in [5, 5.41) is 3.44. The highest BCUT2D eigenvalue weighted by molar-refractivity contribution is 5.79. The molecular weight excluding hydrogens is 374 g/mol. The maximum absolute atomic E-state index is 4.63. The molecule has 0 spiro atoms. The van der Waals surface area contributed by atoms with E-state index in [1.807, 2.05) is 56.6 Å². The highest BCUT2D eigenvalue weighted by Gasteiger charge is 2.11. The van der Waals surface area contributed by atoms with Crippen LogP contribution in [0, 0.1) is 6.92 Å². The first-order chi connectivity index (χ1) is 14.7. The molecule has 2 aromatic carbocycles. The topological polar surface area (TPSA) is 74.1 Å². The molecule has 0 saturated carbocycles. The highest BCUT2D eigenvalue weighted by Crippen LogP contribution is 2.17. The van der Waals surface area contributed by atoms with E-state index < -0.39 is 0 Å². The van der Waals surface area contributed by atoms with Gasteiger partial charge in [0.2, 0.25) is 0 Å². The van der Waals surface area contributed by atoms with Gasteiger partial charge in [0.25, 0.3) is 0 Å². The third-order valence-corrected chi connectivity index (χ3v) is 5.14. The van der Waals surface area contributed by atoms with Gasteiger partial charge in [-0.3, -0.25) is 4.99 Å². The summed E-state index contributed by atoms with van der Waals surface area (Å²) in [6, 6.07) is 18.4. The van der Waals surface area contributed by atoms with E-state index >= 15 is 0 Å². The number of aromatic nitrogens is 4. The van der Waals surface area contributed by atoms with E-state index in [1.165, 1.54) is 0 Å². The van der Waals surface area contributed by atoms with Crippen LogP contribution in [0.15, 0.2) is 65.8 Å². The zero-order valence-corrected chi connectivity index (χ0v) is 17.6. The zero-order valence-electron chi connectivity index (χ0n) is 17.6.